The molecule has 2 rings (SSSR count). The van der Waals surface area contributed by atoms with E-state index in [-0.39, 0.29) is 5.78 Å². The molecule has 16 heavy (non-hydrogen) atoms. The van der Waals surface area contributed by atoms with Gasteiger partial charge < -0.3 is 5.73 Å². The van der Waals surface area contributed by atoms with Crippen molar-refractivity contribution < 1.29 is 4.79 Å². The molecular weight excluding hydrogens is 206 g/mol. The highest BCUT2D eigenvalue weighted by molar-refractivity contribution is 5.92. The predicted molar refractivity (Wildman–Crippen MR) is 57.8 cm³/mol. The maximum atomic E-state index is 11.1. The number of rotatable bonds is 3. The topological polar surface area (TPSA) is 86.7 Å². The number of ketones is 1. The van der Waals surface area contributed by atoms with Gasteiger partial charge in [-0.2, -0.15) is 9.90 Å². The Balaban J connectivity index is 2.21. The van der Waals surface area contributed by atoms with Gasteiger partial charge in [-0.25, -0.2) is 0 Å². The number of carbonyl (C=O) groups excluding carboxylic acids is 1. The third kappa shape index (κ3) is 2.22. The van der Waals surface area contributed by atoms with E-state index in [0.717, 1.165) is 5.56 Å². The van der Waals surface area contributed by atoms with E-state index in [1.165, 1.54) is 17.9 Å². The second-order valence-electron chi connectivity index (χ2n) is 3.41. The number of hydrogen-bond donors (Lipinski definition) is 1. The van der Waals surface area contributed by atoms with E-state index in [2.05, 4.69) is 15.2 Å². The number of hydrogen-bond acceptors (Lipinski definition) is 5. The average molecular weight is 217 g/mol. The van der Waals surface area contributed by atoms with Crippen LogP contribution in [0.4, 0.5) is 5.82 Å². The number of aromatic nitrogens is 4. The number of anilines is 1. The Morgan fingerprint density at radius 1 is 1.56 bits per heavy atom. The largest absolute Gasteiger partial charge is 0.381 e. The second-order valence-corrected chi connectivity index (χ2v) is 3.41. The lowest BCUT2D eigenvalue weighted by molar-refractivity contribution is 0.101. The molecule has 0 fully saturated rings. The van der Waals surface area contributed by atoms with Crippen molar-refractivity contribution in [2.45, 2.75) is 13.5 Å². The normalized spacial score (nSPS) is 10.3. The van der Waals surface area contributed by atoms with E-state index in [1.54, 1.807) is 12.3 Å². The zero-order valence-electron chi connectivity index (χ0n) is 8.79. The molecule has 0 aliphatic rings. The van der Waals surface area contributed by atoms with Gasteiger partial charge in [0.1, 0.15) is 5.69 Å². The molecule has 82 valence electrons. The minimum absolute atomic E-state index is 0.0604. The van der Waals surface area contributed by atoms with Crippen molar-refractivity contribution in [3.8, 4) is 0 Å². The molecule has 0 saturated carbocycles. The summed E-state index contributed by atoms with van der Waals surface area (Å²) >= 11 is 0. The Morgan fingerprint density at radius 3 is 3.00 bits per heavy atom. The zero-order chi connectivity index (χ0) is 11.5. The highest BCUT2D eigenvalue weighted by Gasteiger charge is 2.03. The van der Waals surface area contributed by atoms with Crippen LogP contribution in [0.15, 0.2) is 24.5 Å². The van der Waals surface area contributed by atoms with Gasteiger partial charge in [0.25, 0.3) is 0 Å². The molecule has 2 heterocycles. The number of nitrogen functional groups attached to an aromatic ring is 1. The molecule has 2 N–H and O–H groups in total. The minimum atomic E-state index is -0.0604. The molecule has 0 aliphatic heterocycles. The third-order valence-electron chi connectivity index (χ3n) is 2.06. The van der Waals surface area contributed by atoms with E-state index in [0.29, 0.717) is 18.1 Å². The van der Waals surface area contributed by atoms with E-state index in [1.807, 2.05) is 6.07 Å². The monoisotopic (exact) mass is 217 g/mol. The van der Waals surface area contributed by atoms with Crippen molar-refractivity contribution in [1.82, 2.24) is 20.0 Å². The van der Waals surface area contributed by atoms with Crippen LogP contribution in [0.5, 0.6) is 0 Å². The highest BCUT2D eigenvalue weighted by Crippen LogP contribution is 2.04. The number of Topliss-reactive ketones (excluding diaryl/α,β-unsaturated/α-hetero) is 1. The Kier molecular flexibility index (Phi) is 2.63. The molecule has 0 saturated heterocycles. The Hall–Kier alpha value is -2.24. The number of nitrogens with zero attached hydrogens (tertiary/aromatic N) is 4. The van der Waals surface area contributed by atoms with Crippen LogP contribution in [0.3, 0.4) is 0 Å². The SMILES string of the molecule is CC(=O)c1cc(Cn2ncc(N)n2)ccn1. The molecule has 2 aromatic heterocycles. The summed E-state index contributed by atoms with van der Waals surface area (Å²) < 4.78 is 0. The first kappa shape index (κ1) is 10.3. The molecule has 0 amide bonds. The van der Waals surface area contributed by atoms with Crippen LogP contribution < -0.4 is 5.73 Å². The van der Waals surface area contributed by atoms with Gasteiger partial charge in [-0.1, -0.05) is 0 Å². The van der Waals surface area contributed by atoms with Crippen molar-refractivity contribution in [3.63, 3.8) is 0 Å². The first-order chi connectivity index (χ1) is 7.65. The molecular formula is C10H11N5O. The van der Waals surface area contributed by atoms with E-state index in [9.17, 15) is 4.79 Å². The number of nitrogens with two attached hydrogens (primary N) is 1. The zero-order valence-corrected chi connectivity index (χ0v) is 8.79. The van der Waals surface area contributed by atoms with Gasteiger partial charge in [-0.05, 0) is 17.7 Å². The molecule has 6 nitrogen and oxygen atoms in total. The summed E-state index contributed by atoms with van der Waals surface area (Å²) in [4.78, 5) is 16.6. The Bertz CT molecular complexity index is 519. The Labute approximate surface area is 92.1 Å². The van der Waals surface area contributed by atoms with Gasteiger partial charge in [0, 0.05) is 13.1 Å². The van der Waals surface area contributed by atoms with E-state index >= 15 is 0 Å². The van der Waals surface area contributed by atoms with Crippen LogP contribution in [0.1, 0.15) is 23.0 Å². The minimum Gasteiger partial charge on any atom is -0.381 e. The molecule has 0 radical (unpaired) electrons. The van der Waals surface area contributed by atoms with Crippen LogP contribution in [0.25, 0.3) is 0 Å². The maximum Gasteiger partial charge on any atom is 0.178 e. The standard InChI is InChI=1S/C10H11N5O/c1-7(16)9-4-8(2-3-12-9)6-15-13-5-10(11)14-15/h2-5H,6H2,1H3,(H2,11,14). The first-order valence-corrected chi connectivity index (χ1v) is 4.76. The third-order valence-corrected chi connectivity index (χ3v) is 2.06. The average Bonchev–Trinajstić information content (AvgIpc) is 2.64. The summed E-state index contributed by atoms with van der Waals surface area (Å²) in [6.07, 6.45) is 3.08. The van der Waals surface area contributed by atoms with Crippen molar-refractivity contribution in [3.05, 3.63) is 35.8 Å². The van der Waals surface area contributed by atoms with Crippen LogP contribution in [-0.2, 0) is 6.54 Å². The summed E-state index contributed by atoms with van der Waals surface area (Å²) in [5, 5.41) is 7.92. The summed E-state index contributed by atoms with van der Waals surface area (Å²) in [6.45, 7) is 1.95. The summed E-state index contributed by atoms with van der Waals surface area (Å²) in [7, 11) is 0. The van der Waals surface area contributed by atoms with Gasteiger partial charge in [0.2, 0.25) is 0 Å². The summed E-state index contributed by atoms with van der Waals surface area (Å²) in [5.74, 6) is 0.315. The molecule has 0 atom stereocenters. The predicted octanol–water partition coefficient (Wildman–Crippen LogP) is 0.506. The van der Waals surface area contributed by atoms with Crippen LogP contribution in [0, 0.1) is 0 Å². The van der Waals surface area contributed by atoms with Crippen molar-refractivity contribution in [2.24, 2.45) is 0 Å². The van der Waals surface area contributed by atoms with Crippen LogP contribution in [-0.4, -0.2) is 25.8 Å². The molecule has 0 aliphatic carbocycles. The number of carbonyl (C=O) groups is 1. The summed E-state index contributed by atoms with van der Waals surface area (Å²) in [5.41, 5.74) is 6.80. The van der Waals surface area contributed by atoms with Crippen molar-refractivity contribution in [2.75, 3.05) is 5.73 Å². The highest BCUT2D eigenvalue weighted by atomic mass is 16.1. The first-order valence-electron chi connectivity index (χ1n) is 4.76. The van der Waals surface area contributed by atoms with E-state index < -0.39 is 0 Å². The van der Waals surface area contributed by atoms with Gasteiger partial charge in [0.15, 0.2) is 11.6 Å². The van der Waals surface area contributed by atoms with Crippen LogP contribution >= 0.6 is 0 Å². The molecule has 2 aromatic rings. The van der Waals surface area contributed by atoms with Crippen molar-refractivity contribution in [1.29, 1.82) is 0 Å². The number of pyridine rings is 1. The fourth-order valence-electron chi connectivity index (χ4n) is 1.32. The molecule has 0 unspecified atom stereocenters. The Morgan fingerprint density at radius 2 is 2.38 bits per heavy atom. The fourth-order valence-corrected chi connectivity index (χ4v) is 1.32. The van der Waals surface area contributed by atoms with Gasteiger partial charge >= 0.3 is 0 Å². The maximum absolute atomic E-state index is 11.1. The van der Waals surface area contributed by atoms with E-state index in [4.69, 9.17) is 5.73 Å². The second kappa shape index (κ2) is 4.09. The van der Waals surface area contributed by atoms with Crippen LogP contribution in [0.2, 0.25) is 0 Å². The molecule has 0 bridgehead atoms. The lowest BCUT2D eigenvalue weighted by Crippen LogP contribution is -2.06. The quantitative estimate of drug-likeness (QED) is 0.757. The molecule has 0 aromatic carbocycles. The lowest BCUT2D eigenvalue weighted by Gasteiger charge is -2.01. The summed E-state index contributed by atoms with van der Waals surface area (Å²) in [6, 6.07) is 3.54. The molecule has 0 spiro atoms. The van der Waals surface area contributed by atoms with Gasteiger partial charge in [-0.3, -0.25) is 9.78 Å². The van der Waals surface area contributed by atoms with Crippen molar-refractivity contribution >= 4 is 11.6 Å². The fraction of sp³-hybridized carbons (Fsp3) is 0.200. The van der Waals surface area contributed by atoms with Gasteiger partial charge in [0.05, 0.1) is 12.7 Å². The molecule has 6 heteroatoms. The lowest BCUT2D eigenvalue weighted by atomic mass is 10.2. The van der Waals surface area contributed by atoms with Gasteiger partial charge in [-0.15, -0.1) is 5.10 Å². The smallest absolute Gasteiger partial charge is 0.178 e.